The third-order valence-corrected chi connectivity index (χ3v) is 11.8. The van der Waals surface area contributed by atoms with Crippen LogP contribution in [-0.2, 0) is 27.9 Å². The Bertz CT molecular complexity index is 925. The number of phosphoric ester groups is 1. The molecule has 9 heteroatoms. The van der Waals surface area contributed by atoms with Crippen molar-refractivity contribution in [3.63, 3.8) is 0 Å². The summed E-state index contributed by atoms with van der Waals surface area (Å²) >= 11 is 0. The Balaban J connectivity index is 4.09. The average Bonchev–Trinajstić information content (AvgIpc) is 3.16. The molecule has 0 fully saturated rings. The molecule has 0 aromatic carbocycles. The largest absolute Gasteiger partial charge is 0.472 e. The molecule has 0 radical (unpaired) electrons. The molecule has 0 aromatic heterocycles. The summed E-state index contributed by atoms with van der Waals surface area (Å²) in [6.07, 6.45) is 46.8. The minimum atomic E-state index is -4.27. The summed E-state index contributed by atoms with van der Waals surface area (Å²) in [6, 6.07) is 0. The van der Waals surface area contributed by atoms with Gasteiger partial charge in [-0.1, -0.05) is 199 Å². The minimum absolute atomic E-state index is 0.0919. The van der Waals surface area contributed by atoms with E-state index in [4.69, 9.17) is 18.5 Å². The molecule has 57 heavy (non-hydrogen) atoms. The molecule has 2 unspecified atom stereocenters. The predicted octanol–water partition coefficient (Wildman–Crippen LogP) is 14.6. The van der Waals surface area contributed by atoms with Crippen LogP contribution in [0.1, 0.15) is 232 Å². The molecule has 340 valence electrons. The Hall–Kier alpha value is -0.760. The van der Waals surface area contributed by atoms with E-state index in [-0.39, 0.29) is 25.8 Å². The second-order valence-electron chi connectivity index (χ2n) is 17.9. The lowest BCUT2D eigenvalue weighted by molar-refractivity contribution is -0.870. The number of nitrogens with zero attached hydrogens (tertiary/aromatic N) is 1. The van der Waals surface area contributed by atoms with E-state index < -0.39 is 13.9 Å². The summed E-state index contributed by atoms with van der Waals surface area (Å²) in [6.45, 7) is 5.66. The summed E-state index contributed by atoms with van der Waals surface area (Å²) in [5, 5.41) is 0. The van der Waals surface area contributed by atoms with Crippen LogP contribution in [0, 0.1) is 0 Å². The molecule has 1 N–H and O–H groups in total. The van der Waals surface area contributed by atoms with Crippen LogP contribution in [0.2, 0.25) is 0 Å². The van der Waals surface area contributed by atoms with E-state index in [2.05, 4.69) is 26.0 Å². The van der Waals surface area contributed by atoms with Gasteiger partial charge in [0, 0.05) is 13.0 Å². The van der Waals surface area contributed by atoms with E-state index in [0.29, 0.717) is 24.1 Å². The maximum absolute atomic E-state index is 12.7. The standard InChI is InChI=1S/C48H96NO7P/c1-6-8-10-12-14-16-18-20-21-22-23-24-25-26-27-28-30-32-34-36-38-40-43-53-45-47(46-55-57(51,52)54-44-42-49(3,4)5)56-48(50)41-39-37-35-33-31-29-19-17-15-13-11-9-7-2/h22-23,47H,6-21,24-46H2,1-5H3/p+1/b23-22-. The highest BCUT2D eigenvalue weighted by molar-refractivity contribution is 7.47. The fraction of sp³-hybridized carbons (Fsp3) is 0.938. The maximum atomic E-state index is 12.7. The topological polar surface area (TPSA) is 91.3 Å². The van der Waals surface area contributed by atoms with Gasteiger partial charge in [0.15, 0.2) is 0 Å². The van der Waals surface area contributed by atoms with Crippen molar-refractivity contribution in [3.05, 3.63) is 12.2 Å². The Morgan fingerprint density at radius 1 is 0.526 bits per heavy atom. The number of carbonyl (C=O) groups is 1. The van der Waals surface area contributed by atoms with Crippen molar-refractivity contribution in [2.45, 2.75) is 238 Å². The van der Waals surface area contributed by atoms with Crippen LogP contribution in [0.3, 0.4) is 0 Å². The normalized spacial score (nSPS) is 13.7. The molecule has 0 aliphatic rings. The molecular weight excluding hydrogens is 734 g/mol. The Kier molecular flexibility index (Phi) is 41.4. The molecule has 8 nitrogen and oxygen atoms in total. The highest BCUT2D eigenvalue weighted by Crippen LogP contribution is 2.43. The monoisotopic (exact) mass is 831 g/mol. The summed E-state index contributed by atoms with van der Waals surface area (Å²) in [7, 11) is 1.68. The predicted molar refractivity (Wildman–Crippen MR) is 243 cm³/mol. The zero-order chi connectivity index (χ0) is 42.0. The van der Waals surface area contributed by atoms with Crippen molar-refractivity contribution in [2.24, 2.45) is 0 Å². The number of rotatable bonds is 46. The fourth-order valence-electron chi connectivity index (χ4n) is 7.02. The van der Waals surface area contributed by atoms with Crippen LogP contribution in [-0.4, -0.2) is 75.6 Å². The molecule has 0 aliphatic carbocycles. The number of quaternary nitrogens is 1. The smallest absolute Gasteiger partial charge is 0.457 e. The van der Waals surface area contributed by atoms with Crippen LogP contribution in [0.5, 0.6) is 0 Å². The first-order valence-corrected chi connectivity index (χ1v) is 25.9. The van der Waals surface area contributed by atoms with Gasteiger partial charge in [0.25, 0.3) is 0 Å². The van der Waals surface area contributed by atoms with E-state index in [1.165, 1.54) is 180 Å². The van der Waals surface area contributed by atoms with Crippen molar-refractivity contribution < 1.29 is 37.3 Å². The molecule has 0 aromatic rings. The average molecular weight is 831 g/mol. The lowest BCUT2D eigenvalue weighted by Gasteiger charge is -2.24. The van der Waals surface area contributed by atoms with Gasteiger partial charge in [-0.05, 0) is 38.5 Å². The summed E-state index contributed by atoms with van der Waals surface area (Å²) < 4.78 is 35.1. The van der Waals surface area contributed by atoms with Crippen LogP contribution in [0.15, 0.2) is 12.2 Å². The third kappa shape index (κ3) is 46.2. The second kappa shape index (κ2) is 42.0. The fourth-order valence-corrected chi connectivity index (χ4v) is 7.76. The number of esters is 1. The highest BCUT2D eigenvalue weighted by atomic mass is 31.2. The van der Waals surface area contributed by atoms with Crippen molar-refractivity contribution in [3.8, 4) is 0 Å². The highest BCUT2D eigenvalue weighted by Gasteiger charge is 2.26. The number of likely N-dealkylation sites (N-methyl/N-ethyl adjacent to an activating group) is 1. The van der Waals surface area contributed by atoms with Gasteiger partial charge in [-0.25, -0.2) is 4.57 Å². The molecule has 0 saturated carbocycles. The molecular formula is C48H97NO7P+. The van der Waals surface area contributed by atoms with Crippen molar-refractivity contribution in [2.75, 3.05) is 54.1 Å². The Morgan fingerprint density at radius 3 is 1.33 bits per heavy atom. The zero-order valence-corrected chi connectivity index (χ0v) is 39.5. The molecule has 0 saturated heterocycles. The van der Waals surface area contributed by atoms with E-state index >= 15 is 0 Å². The van der Waals surface area contributed by atoms with Crippen LogP contribution >= 0.6 is 7.82 Å². The molecule has 0 spiro atoms. The zero-order valence-electron chi connectivity index (χ0n) is 38.6. The van der Waals surface area contributed by atoms with Crippen LogP contribution in [0.25, 0.3) is 0 Å². The first-order chi connectivity index (χ1) is 27.6. The Labute approximate surface area is 354 Å². The van der Waals surface area contributed by atoms with Gasteiger partial charge in [-0.15, -0.1) is 0 Å². The SMILES string of the molecule is CCCCCCCCCC/C=C\CCCCCCCCCCCCOCC(COP(=O)(O)OCC[N+](C)(C)C)OC(=O)CCCCCCCCCCCCCCC. The first-order valence-electron chi connectivity index (χ1n) is 24.4. The van der Waals surface area contributed by atoms with Crippen molar-refractivity contribution in [1.82, 2.24) is 0 Å². The quantitative estimate of drug-likeness (QED) is 0.0215. The Morgan fingerprint density at radius 2 is 0.912 bits per heavy atom. The third-order valence-electron chi connectivity index (χ3n) is 10.8. The minimum Gasteiger partial charge on any atom is -0.457 e. The molecule has 0 aliphatic heterocycles. The second-order valence-corrected chi connectivity index (χ2v) is 19.3. The number of carbonyl (C=O) groups excluding carboxylic acids is 1. The number of hydrogen-bond donors (Lipinski definition) is 1. The first kappa shape index (κ1) is 56.2. The number of phosphoric acid groups is 1. The van der Waals surface area contributed by atoms with Gasteiger partial charge in [-0.2, -0.15) is 0 Å². The number of unbranched alkanes of at least 4 members (excludes halogenated alkanes) is 30. The van der Waals surface area contributed by atoms with Gasteiger partial charge < -0.3 is 18.9 Å². The van der Waals surface area contributed by atoms with Gasteiger partial charge in [-0.3, -0.25) is 13.8 Å². The van der Waals surface area contributed by atoms with Crippen LogP contribution < -0.4 is 0 Å². The molecule has 0 bridgehead atoms. The molecule has 0 amide bonds. The molecule has 2 atom stereocenters. The van der Waals surface area contributed by atoms with Crippen molar-refractivity contribution >= 4 is 13.8 Å². The number of hydrogen-bond acceptors (Lipinski definition) is 6. The summed E-state index contributed by atoms with van der Waals surface area (Å²) in [5.41, 5.74) is 0. The maximum Gasteiger partial charge on any atom is 0.472 e. The van der Waals surface area contributed by atoms with Gasteiger partial charge in [0.05, 0.1) is 34.4 Å². The number of ether oxygens (including phenoxy) is 2. The van der Waals surface area contributed by atoms with E-state index in [9.17, 15) is 14.3 Å². The van der Waals surface area contributed by atoms with E-state index in [0.717, 1.165) is 32.1 Å². The molecule has 0 rings (SSSR count). The lowest BCUT2D eigenvalue weighted by Crippen LogP contribution is -2.37. The lowest BCUT2D eigenvalue weighted by atomic mass is 10.0. The van der Waals surface area contributed by atoms with Crippen molar-refractivity contribution in [1.29, 1.82) is 0 Å². The summed E-state index contributed by atoms with van der Waals surface area (Å²) in [5.74, 6) is -0.310. The van der Waals surface area contributed by atoms with Gasteiger partial charge >= 0.3 is 13.8 Å². The van der Waals surface area contributed by atoms with Gasteiger partial charge in [0.1, 0.15) is 19.3 Å². The number of allylic oxidation sites excluding steroid dienone is 2. The molecule has 0 heterocycles. The van der Waals surface area contributed by atoms with E-state index in [1.807, 2.05) is 21.1 Å². The van der Waals surface area contributed by atoms with Gasteiger partial charge in [0.2, 0.25) is 0 Å². The van der Waals surface area contributed by atoms with Crippen LogP contribution in [0.4, 0.5) is 0 Å². The summed E-state index contributed by atoms with van der Waals surface area (Å²) in [4.78, 5) is 22.9. The van der Waals surface area contributed by atoms with E-state index in [1.54, 1.807) is 0 Å².